The maximum absolute atomic E-state index is 13.1. The van der Waals surface area contributed by atoms with E-state index in [0.717, 1.165) is 4.70 Å². The number of hydrogen-bond donors (Lipinski definition) is 0. The van der Waals surface area contributed by atoms with Crippen molar-refractivity contribution in [3.8, 4) is 11.5 Å². The molecule has 0 spiro atoms. The molecule has 0 N–H and O–H groups in total. The molecule has 33 heavy (non-hydrogen) atoms. The number of likely N-dealkylation sites (N-methyl/N-ethyl adjacent to an activating group) is 1. The molecule has 0 aliphatic rings. The van der Waals surface area contributed by atoms with E-state index in [0.29, 0.717) is 40.8 Å². The second-order valence-electron chi connectivity index (χ2n) is 7.12. The fourth-order valence-electron chi connectivity index (χ4n) is 2.99. The summed E-state index contributed by atoms with van der Waals surface area (Å²) < 4.78 is 11.7. The number of thiazole rings is 1. The van der Waals surface area contributed by atoms with Gasteiger partial charge < -0.3 is 14.4 Å². The Morgan fingerprint density at radius 2 is 1.85 bits per heavy atom. The van der Waals surface area contributed by atoms with Crippen molar-refractivity contribution in [1.82, 2.24) is 9.88 Å². The summed E-state index contributed by atoms with van der Waals surface area (Å²) in [6, 6.07) is 9.69. The molecule has 0 aliphatic heterocycles. The van der Waals surface area contributed by atoms with Gasteiger partial charge in [0, 0.05) is 31.3 Å². The highest BCUT2D eigenvalue weighted by Crippen LogP contribution is 2.40. The van der Waals surface area contributed by atoms with E-state index in [-0.39, 0.29) is 24.0 Å². The number of fused-ring (bicyclic) bond motifs is 1. The van der Waals surface area contributed by atoms with Gasteiger partial charge in [0.15, 0.2) is 5.13 Å². The SMILES string of the molecule is COc1ccc(OC)c2sc(N(CCN(C)C)C(=O)/C=C/c3cccc([N+](=O)[O-])c3)nc12.Cl. The van der Waals surface area contributed by atoms with Crippen LogP contribution in [0.2, 0.25) is 0 Å². The quantitative estimate of drug-likeness (QED) is 0.250. The number of ether oxygens (including phenoxy) is 2. The van der Waals surface area contributed by atoms with Gasteiger partial charge in [0.25, 0.3) is 11.6 Å². The van der Waals surface area contributed by atoms with Gasteiger partial charge in [-0.1, -0.05) is 23.5 Å². The first kappa shape index (κ1) is 26.0. The number of rotatable bonds is 9. The van der Waals surface area contributed by atoms with Crippen LogP contribution in [-0.4, -0.2) is 62.1 Å². The number of carbonyl (C=O) groups is 1. The van der Waals surface area contributed by atoms with Gasteiger partial charge in [-0.25, -0.2) is 4.98 Å². The minimum absolute atomic E-state index is 0. The van der Waals surface area contributed by atoms with E-state index in [1.165, 1.54) is 29.5 Å². The van der Waals surface area contributed by atoms with Crippen LogP contribution in [0.1, 0.15) is 5.56 Å². The molecule has 2 aromatic carbocycles. The zero-order chi connectivity index (χ0) is 23.3. The molecule has 0 fully saturated rings. The zero-order valence-corrected chi connectivity index (χ0v) is 20.3. The summed E-state index contributed by atoms with van der Waals surface area (Å²) >= 11 is 1.34. The molecule has 0 saturated heterocycles. The summed E-state index contributed by atoms with van der Waals surface area (Å²) in [4.78, 5) is 31.9. The third-order valence-corrected chi connectivity index (χ3v) is 5.76. The van der Waals surface area contributed by atoms with E-state index in [4.69, 9.17) is 9.47 Å². The minimum atomic E-state index is -0.468. The molecule has 0 atom stereocenters. The molecule has 0 saturated carbocycles. The first-order valence-electron chi connectivity index (χ1n) is 9.74. The number of halogens is 1. The van der Waals surface area contributed by atoms with Crippen molar-refractivity contribution in [2.24, 2.45) is 0 Å². The summed E-state index contributed by atoms with van der Waals surface area (Å²) in [6.07, 6.45) is 2.96. The standard InChI is InChI=1S/C22H24N4O5S.ClH/c1-24(2)12-13-25(19(27)11-8-15-6-5-7-16(14-15)26(28)29)22-23-20-17(30-3)9-10-18(31-4)21(20)32-22;/h5-11,14H,12-13H2,1-4H3;1H/b11-8+;. The summed E-state index contributed by atoms with van der Waals surface area (Å²) in [5.41, 5.74) is 1.15. The lowest BCUT2D eigenvalue weighted by Crippen LogP contribution is -2.35. The smallest absolute Gasteiger partial charge is 0.270 e. The Hall–Kier alpha value is -3.21. The normalized spacial score (nSPS) is 10.9. The Labute approximate surface area is 201 Å². The highest BCUT2D eigenvalue weighted by Gasteiger charge is 2.21. The van der Waals surface area contributed by atoms with Gasteiger partial charge in [0.1, 0.15) is 21.7 Å². The largest absolute Gasteiger partial charge is 0.495 e. The molecule has 11 heteroatoms. The number of non-ortho nitro benzene ring substituents is 1. The highest BCUT2D eigenvalue weighted by molar-refractivity contribution is 7.22. The maximum Gasteiger partial charge on any atom is 0.270 e. The molecule has 0 radical (unpaired) electrons. The molecule has 1 amide bonds. The summed E-state index contributed by atoms with van der Waals surface area (Å²) in [5.74, 6) is 0.961. The van der Waals surface area contributed by atoms with E-state index in [2.05, 4.69) is 4.98 Å². The van der Waals surface area contributed by atoms with E-state index < -0.39 is 4.92 Å². The predicted octanol–water partition coefficient (Wildman–Crippen LogP) is 4.25. The number of methoxy groups -OCH3 is 2. The number of aromatic nitrogens is 1. The van der Waals surface area contributed by atoms with Crippen LogP contribution in [0.3, 0.4) is 0 Å². The number of hydrogen-bond acceptors (Lipinski definition) is 8. The highest BCUT2D eigenvalue weighted by atomic mass is 35.5. The van der Waals surface area contributed by atoms with Crippen LogP contribution in [0.4, 0.5) is 10.8 Å². The Morgan fingerprint density at radius 3 is 2.48 bits per heavy atom. The molecule has 1 aromatic heterocycles. The fourth-order valence-corrected chi connectivity index (χ4v) is 4.10. The molecule has 176 valence electrons. The van der Waals surface area contributed by atoms with Crippen LogP contribution < -0.4 is 14.4 Å². The number of benzene rings is 2. The van der Waals surface area contributed by atoms with Gasteiger partial charge in [0.2, 0.25) is 0 Å². The third kappa shape index (κ3) is 6.19. The molecular weight excluding hydrogens is 468 g/mol. The second kappa shape index (κ2) is 11.6. The van der Waals surface area contributed by atoms with E-state index in [1.54, 1.807) is 49.5 Å². The molecule has 3 aromatic rings. The number of carbonyl (C=O) groups excluding carboxylic acids is 1. The second-order valence-corrected chi connectivity index (χ2v) is 8.10. The maximum atomic E-state index is 13.1. The Kier molecular flexibility index (Phi) is 9.15. The number of amides is 1. The van der Waals surface area contributed by atoms with Crippen LogP contribution >= 0.6 is 23.7 Å². The van der Waals surface area contributed by atoms with Gasteiger partial charge >= 0.3 is 0 Å². The number of anilines is 1. The van der Waals surface area contributed by atoms with Crippen molar-refractivity contribution in [3.05, 3.63) is 58.2 Å². The lowest BCUT2D eigenvalue weighted by molar-refractivity contribution is -0.384. The molecule has 0 unspecified atom stereocenters. The van der Waals surface area contributed by atoms with Crippen LogP contribution in [0.15, 0.2) is 42.5 Å². The van der Waals surface area contributed by atoms with E-state index in [1.807, 2.05) is 19.0 Å². The third-order valence-electron chi connectivity index (χ3n) is 4.67. The van der Waals surface area contributed by atoms with Gasteiger partial charge in [-0.2, -0.15) is 0 Å². The van der Waals surface area contributed by atoms with Crippen LogP contribution in [0.5, 0.6) is 11.5 Å². The number of nitro groups is 1. The Morgan fingerprint density at radius 1 is 1.15 bits per heavy atom. The van der Waals surface area contributed by atoms with Crippen molar-refractivity contribution in [2.45, 2.75) is 0 Å². The number of nitrogens with zero attached hydrogens (tertiary/aromatic N) is 4. The van der Waals surface area contributed by atoms with Gasteiger partial charge in [-0.3, -0.25) is 19.8 Å². The molecule has 1 heterocycles. The molecule has 3 rings (SSSR count). The average Bonchev–Trinajstić information content (AvgIpc) is 3.22. The average molecular weight is 493 g/mol. The van der Waals surface area contributed by atoms with E-state index in [9.17, 15) is 14.9 Å². The minimum Gasteiger partial charge on any atom is -0.495 e. The van der Waals surface area contributed by atoms with Gasteiger partial charge in [0.05, 0.1) is 19.1 Å². The zero-order valence-electron chi connectivity index (χ0n) is 18.7. The van der Waals surface area contributed by atoms with Crippen molar-refractivity contribution < 1.29 is 19.2 Å². The first-order valence-corrected chi connectivity index (χ1v) is 10.6. The molecule has 0 bridgehead atoms. The van der Waals surface area contributed by atoms with Crippen molar-refractivity contribution >= 4 is 56.8 Å². The van der Waals surface area contributed by atoms with Crippen LogP contribution in [0, 0.1) is 10.1 Å². The Bertz CT molecular complexity index is 1120. The first-order chi connectivity index (χ1) is 15.3. The Balaban J connectivity index is 0.00000385. The molecule has 9 nitrogen and oxygen atoms in total. The van der Waals surface area contributed by atoms with Crippen molar-refractivity contribution in [3.63, 3.8) is 0 Å². The summed E-state index contributed by atoms with van der Waals surface area (Å²) in [5, 5.41) is 11.5. The molecular formula is C22H25ClN4O5S. The van der Waals surface area contributed by atoms with Gasteiger partial charge in [-0.05, 0) is 37.9 Å². The topological polar surface area (TPSA) is 98.0 Å². The lowest BCUT2D eigenvalue weighted by Gasteiger charge is -2.20. The van der Waals surface area contributed by atoms with Crippen molar-refractivity contribution in [1.29, 1.82) is 0 Å². The monoisotopic (exact) mass is 492 g/mol. The molecule has 0 aliphatic carbocycles. The van der Waals surface area contributed by atoms with E-state index >= 15 is 0 Å². The lowest BCUT2D eigenvalue weighted by atomic mass is 10.2. The fraction of sp³-hybridized carbons (Fsp3) is 0.273. The van der Waals surface area contributed by atoms with Crippen LogP contribution in [-0.2, 0) is 4.79 Å². The van der Waals surface area contributed by atoms with Crippen molar-refractivity contribution in [2.75, 3.05) is 46.3 Å². The van der Waals surface area contributed by atoms with Gasteiger partial charge in [-0.15, -0.1) is 12.4 Å². The predicted molar refractivity (Wildman–Crippen MR) is 133 cm³/mol. The van der Waals surface area contributed by atoms with Crippen LogP contribution in [0.25, 0.3) is 16.3 Å². The summed E-state index contributed by atoms with van der Waals surface area (Å²) in [6.45, 7) is 1.04. The number of nitro benzene ring substituents is 1. The summed E-state index contributed by atoms with van der Waals surface area (Å²) in [7, 11) is 6.99.